The van der Waals surface area contributed by atoms with Crippen LogP contribution in [0.3, 0.4) is 0 Å². The Bertz CT molecular complexity index is 929. The number of carbonyl (C=O) groups is 1. The van der Waals surface area contributed by atoms with Crippen molar-refractivity contribution in [3.8, 4) is 22.6 Å². The lowest BCUT2D eigenvalue weighted by atomic mass is 9.94. The summed E-state index contributed by atoms with van der Waals surface area (Å²) in [6.07, 6.45) is 4.44. The van der Waals surface area contributed by atoms with Crippen LogP contribution in [0.4, 0.5) is 0 Å². The number of carbonyl (C=O) groups excluding carboxylic acids is 1. The Morgan fingerprint density at radius 3 is 2.88 bits per heavy atom. The molecule has 4 rings (SSSR count). The maximum Gasteiger partial charge on any atom is 0.255 e. The maximum absolute atomic E-state index is 12.1. The first-order chi connectivity index (χ1) is 11.7. The van der Waals surface area contributed by atoms with E-state index in [1.54, 1.807) is 18.7 Å². The van der Waals surface area contributed by atoms with E-state index in [0.29, 0.717) is 17.9 Å². The Morgan fingerprint density at radius 1 is 1.21 bits per heavy atom. The van der Waals surface area contributed by atoms with Crippen LogP contribution in [0.1, 0.15) is 15.9 Å². The molecular formula is C18H17N3O3. The van der Waals surface area contributed by atoms with E-state index in [4.69, 9.17) is 9.47 Å². The first-order valence-electron chi connectivity index (χ1n) is 7.72. The van der Waals surface area contributed by atoms with E-state index in [0.717, 1.165) is 34.4 Å². The molecule has 0 fully saturated rings. The number of aromatic nitrogens is 2. The van der Waals surface area contributed by atoms with E-state index in [1.807, 2.05) is 30.6 Å². The van der Waals surface area contributed by atoms with Gasteiger partial charge in [-0.1, -0.05) is 0 Å². The summed E-state index contributed by atoms with van der Waals surface area (Å²) in [5.74, 6) is 1.26. The summed E-state index contributed by atoms with van der Waals surface area (Å²) in [6, 6.07) is 7.83. The van der Waals surface area contributed by atoms with Gasteiger partial charge < -0.3 is 14.8 Å². The van der Waals surface area contributed by atoms with Crippen molar-refractivity contribution in [2.75, 3.05) is 20.8 Å². The van der Waals surface area contributed by atoms with Crippen LogP contribution in [0.5, 0.6) is 11.5 Å². The number of ether oxygens (including phenoxy) is 2. The van der Waals surface area contributed by atoms with E-state index in [-0.39, 0.29) is 5.91 Å². The third kappa shape index (κ3) is 2.19. The van der Waals surface area contributed by atoms with Crippen molar-refractivity contribution in [2.24, 2.45) is 0 Å². The Kier molecular flexibility index (Phi) is 3.37. The van der Waals surface area contributed by atoms with Crippen LogP contribution in [0.25, 0.3) is 16.6 Å². The average molecular weight is 323 g/mol. The van der Waals surface area contributed by atoms with Crippen molar-refractivity contribution < 1.29 is 14.3 Å². The van der Waals surface area contributed by atoms with Gasteiger partial charge in [-0.3, -0.25) is 4.79 Å². The minimum absolute atomic E-state index is 0.0794. The lowest BCUT2D eigenvalue weighted by molar-refractivity contribution is 0.0942. The lowest BCUT2D eigenvalue weighted by Crippen LogP contribution is -2.32. The van der Waals surface area contributed by atoms with E-state index in [1.165, 1.54) is 0 Å². The molecule has 0 bridgehead atoms. The fraction of sp³-hybridized carbons (Fsp3) is 0.222. The fourth-order valence-corrected chi connectivity index (χ4v) is 3.15. The van der Waals surface area contributed by atoms with Gasteiger partial charge in [0.2, 0.25) is 0 Å². The van der Waals surface area contributed by atoms with Crippen LogP contribution in [-0.2, 0) is 6.42 Å². The quantitative estimate of drug-likeness (QED) is 0.803. The summed E-state index contributed by atoms with van der Waals surface area (Å²) in [5.41, 5.74) is 4.58. The van der Waals surface area contributed by atoms with Gasteiger partial charge in [-0.2, -0.15) is 5.10 Å². The van der Waals surface area contributed by atoms with Gasteiger partial charge in [0, 0.05) is 12.1 Å². The van der Waals surface area contributed by atoms with Crippen LogP contribution < -0.4 is 14.8 Å². The van der Waals surface area contributed by atoms with Crippen LogP contribution in [0.2, 0.25) is 0 Å². The number of hydrogen-bond donors (Lipinski definition) is 1. The number of fused-ring (bicyclic) bond motifs is 2. The Hall–Kier alpha value is -3.02. The zero-order valence-electron chi connectivity index (χ0n) is 13.5. The molecule has 6 heteroatoms. The number of benzene rings is 1. The zero-order chi connectivity index (χ0) is 16.7. The highest BCUT2D eigenvalue weighted by molar-refractivity contribution is 6.00. The third-order valence-corrected chi connectivity index (χ3v) is 4.35. The average Bonchev–Trinajstić information content (AvgIpc) is 3.04. The number of amides is 1. The highest BCUT2D eigenvalue weighted by atomic mass is 16.5. The van der Waals surface area contributed by atoms with Crippen molar-refractivity contribution in [1.82, 2.24) is 14.9 Å². The molecule has 0 aliphatic carbocycles. The molecule has 1 amide bonds. The molecule has 1 aromatic carbocycles. The van der Waals surface area contributed by atoms with Crippen molar-refractivity contribution in [2.45, 2.75) is 6.42 Å². The SMILES string of the molecule is COc1ccc2c(-c3cc4c(c(OC)c3)C(=O)NCC4)cnn2c1. The highest BCUT2D eigenvalue weighted by Crippen LogP contribution is 2.34. The standard InChI is InChI=1S/C18H17N3O3/c1-23-13-3-4-15-14(9-20-21(15)10-13)12-7-11-5-6-19-18(22)17(11)16(8-12)24-2/h3-4,7-10H,5-6H2,1-2H3,(H,19,22). The molecule has 1 aliphatic rings. The van der Waals surface area contributed by atoms with Crippen molar-refractivity contribution >= 4 is 11.4 Å². The Labute approximate surface area is 139 Å². The monoisotopic (exact) mass is 323 g/mol. The van der Waals surface area contributed by atoms with Gasteiger partial charge >= 0.3 is 0 Å². The summed E-state index contributed by atoms with van der Waals surface area (Å²) in [6.45, 7) is 0.643. The summed E-state index contributed by atoms with van der Waals surface area (Å²) < 4.78 is 12.5. The second-order valence-corrected chi connectivity index (χ2v) is 5.68. The molecule has 2 aromatic heterocycles. The molecule has 1 aliphatic heterocycles. The van der Waals surface area contributed by atoms with Crippen molar-refractivity contribution in [1.29, 1.82) is 0 Å². The van der Waals surface area contributed by atoms with Gasteiger partial charge in [0.15, 0.2) is 0 Å². The van der Waals surface area contributed by atoms with Gasteiger partial charge in [0.1, 0.15) is 11.5 Å². The van der Waals surface area contributed by atoms with Crippen LogP contribution in [-0.4, -0.2) is 36.3 Å². The number of nitrogens with one attached hydrogen (secondary N) is 1. The highest BCUT2D eigenvalue weighted by Gasteiger charge is 2.23. The first-order valence-corrected chi connectivity index (χ1v) is 7.72. The fourth-order valence-electron chi connectivity index (χ4n) is 3.15. The summed E-state index contributed by atoms with van der Waals surface area (Å²) in [5, 5.41) is 7.26. The summed E-state index contributed by atoms with van der Waals surface area (Å²) >= 11 is 0. The molecule has 0 spiro atoms. The molecule has 3 aromatic rings. The molecule has 122 valence electrons. The Morgan fingerprint density at radius 2 is 2.08 bits per heavy atom. The van der Waals surface area contributed by atoms with Crippen molar-refractivity contribution in [3.05, 3.63) is 47.8 Å². The molecule has 0 saturated heterocycles. The van der Waals surface area contributed by atoms with Gasteiger partial charge in [-0.25, -0.2) is 4.52 Å². The van der Waals surface area contributed by atoms with E-state index in [9.17, 15) is 4.79 Å². The smallest absolute Gasteiger partial charge is 0.255 e. The molecule has 0 atom stereocenters. The Balaban J connectivity index is 1.89. The van der Waals surface area contributed by atoms with Gasteiger partial charge in [-0.15, -0.1) is 0 Å². The van der Waals surface area contributed by atoms with Crippen molar-refractivity contribution in [3.63, 3.8) is 0 Å². The minimum Gasteiger partial charge on any atom is -0.496 e. The zero-order valence-corrected chi connectivity index (χ0v) is 13.5. The van der Waals surface area contributed by atoms with Gasteiger partial charge in [-0.05, 0) is 41.8 Å². The van der Waals surface area contributed by atoms with Crippen LogP contribution >= 0.6 is 0 Å². The van der Waals surface area contributed by atoms with Crippen LogP contribution in [0.15, 0.2) is 36.7 Å². The number of hydrogen-bond acceptors (Lipinski definition) is 4. The normalized spacial score (nSPS) is 13.5. The second kappa shape index (κ2) is 5.56. The predicted octanol–water partition coefficient (Wildman–Crippen LogP) is 2.30. The molecule has 0 unspecified atom stereocenters. The third-order valence-electron chi connectivity index (χ3n) is 4.35. The molecule has 1 N–H and O–H groups in total. The summed E-state index contributed by atoms with van der Waals surface area (Å²) in [7, 11) is 3.22. The molecule has 0 radical (unpaired) electrons. The maximum atomic E-state index is 12.1. The van der Waals surface area contributed by atoms with E-state index >= 15 is 0 Å². The first kappa shape index (κ1) is 14.6. The van der Waals surface area contributed by atoms with Gasteiger partial charge in [0.05, 0.1) is 37.7 Å². The molecule has 0 saturated carbocycles. The number of rotatable bonds is 3. The topological polar surface area (TPSA) is 64.9 Å². The van der Waals surface area contributed by atoms with E-state index in [2.05, 4.69) is 16.5 Å². The largest absolute Gasteiger partial charge is 0.496 e. The molecule has 24 heavy (non-hydrogen) atoms. The molecule has 6 nitrogen and oxygen atoms in total. The number of pyridine rings is 1. The number of nitrogens with zero attached hydrogens (tertiary/aromatic N) is 2. The van der Waals surface area contributed by atoms with Crippen LogP contribution in [0, 0.1) is 0 Å². The predicted molar refractivity (Wildman–Crippen MR) is 89.8 cm³/mol. The molecule has 3 heterocycles. The number of methoxy groups -OCH3 is 2. The van der Waals surface area contributed by atoms with Gasteiger partial charge in [0.25, 0.3) is 5.91 Å². The summed E-state index contributed by atoms with van der Waals surface area (Å²) in [4.78, 5) is 12.1. The van der Waals surface area contributed by atoms with E-state index < -0.39 is 0 Å². The lowest BCUT2D eigenvalue weighted by Gasteiger charge is -2.20. The second-order valence-electron chi connectivity index (χ2n) is 5.68. The molecular weight excluding hydrogens is 306 g/mol. The minimum atomic E-state index is -0.0794.